The van der Waals surface area contributed by atoms with E-state index in [9.17, 15) is 14.4 Å². The smallest absolute Gasteiger partial charge is 0.407 e. The van der Waals surface area contributed by atoms with Crippen molar-refractivity contribution in [3.05, 3.63) is 110 Å². The molecule has 1 heterocycles. The zero-order valence-corrected chi connectivity index (χ0v) is 21.0. The van der Waals surface area contributed by atoms with Gasteiger partial charge in [-0.25, -0.2) is 9.59 Å². The number of esters is 1. The van der Waals surface area contributed by atoms with Gasteiger partial charge in [0.2, 0.25) is 0 Å². The van der Waals surface area contributed by atoms with E-state index in [1.165, 1.54) is 6.07 Å². The molecule has 7 nitrogen and oxygen atoms in total. The molecule has 0 aliphatic carbocycles. The zero-order chi connectivity index (χ0) is 26.2. The molecule has 0 aliphatic rings. The highest BCUT2D eigenvalue weighted by Crippen LogP contribution is 2.32. The first-order valence-electron chi connectivity index (χ1n) is 11.9. The van der Waals surface area contributed by atoms with E-state index in [1.54, 1.807) is 6.07 Å². The average Bonchev–Trinajstić information content (AvgIpc) is 2.90. The molecule has 0 saturated carbocycles. The van der Waals surface area contributed by atoms with Crippen molar-refractivity contribution in [2.24, 2.45) is 0 Å². The van der Waals surface area contributed by atoms with E-state index in [1.807, 2.05) is 67.6 Å². The Morgan fingerprint density at radius 2 is 1.65 bits per heavy atom. The molecule has 0 bridgehead atoms. The molecular weight excluding hydrogens is 494 g/mol. The molecule has 37 heavy (non-hydrogen) atoms. The van der Waals surface area contributed by atoms with Crippen LogP contribution in [0.25, 0.3) is 11.0 Å². The lowest BCUT2D eigenvalue weighted by molar-refractivity contribution is -0.134. The monoisotopic (exact) mass is 519 g/mol. The number of halogens is 1. The summed E-state index contributed by atoms with van der Waals surface area (Å²) in [5, 5.41) is 3.50. The molecule has 4 aromatic rings. The molecule has 0 spiro atoms. The van der Waals surface area contributed by atoms with Crippen LogP contribution in [0.3, 0.4) is 0 Å². The first kappa shape index (κ1) is 26.0. The van der Waals surface area contributed by atoms with Crippen LogP contribution >= 0.6 is 11.6 Å². The predicted molar refractivity (Wildman–Crippen MR) is 141 cm³/mol. The molecule has 3 aromatic carbocycles. The van der Waals surface area contributed by atoms with Crippen molar-refractivity contribution in [1.29, 1.82) is 0 Å². The standard InChI is InChI=1S/C29H26ClNO6/c1-19-22-16-24(30)26(17-25(22)37-28(33)23(19)15-20-9-4-2-5-10-20)36-27(32)13-8-14-31-29(34)35-18-21-11-6-3-7-12-21/h2-7,9-12,16-17H,8,13-15,18H2,1H3,(H,31,34). The summed E-state index contributed by atoms with van der Waals surface area (Å²) >= 11 is 6.39. The van der Waals surface area contributed by atoms with Gasteiger partial charge in [0.1, 0.15) is 12.2 Å². The third-order valence-corrected chi connectivity index (χ3v) is 6.12. The summed E-state index contributed by atoms with van der Waals surface area (Å²) < 4.78 is 16.1. The average molecular weight is 520 g/mol. The van der Waals surface area contributed by atoms with Gasteiger partial charge in [0.25, 0.3) is 0 Å². The lowest BCUT2D eigenvalue weighted by Gasteiger charge is -2.11. The normalized spacial score (nSPS) is 10.8. The van der Waals surface area contributed by atoms with Crippen molar-refractivity contribution in [2.75, 3.05) is 6.54 Å². The second-order valence-corrected chi connectivity index (χ2v) is 8.91. The van der Waals surface area contributed by atoms with Gasteiger partial charge in [0.15, 0.2) is 5.75 Å². The molecule has 0 aliphatic heterocycles. The predicted octanol–water partition coefficient (Wildman–Crippen LogP) is 5.96. The molecule has 8 heteroatoms. The first-order valence-corrected chi connectivity index (χ1v) is 12.2. The zero-order valence-electron chi connectivity index (χ0n) is 20.3. The summed E-state index contributed by atoms with van der Waals surface area (Å²) in [5.74, 6) is -0.423. The molecule has 0 saturated heterocycles. The van der Waals surface area contributed by atoms with E-state index >= 15 is 0 Å². The maximum atomic E-state index is 12.7. The second kappa shape index (κ2) is 12.2. The Labute approximate surface area is 219 Å². The maximum absolute atomic E-state index is 12.7. The van der Waals surface area contributed by atoms with Gasteiger partial charge in [-0.15, -0.1) is 0 Å². The van der Waals surface area contributed by atoms with E-state index in [4.69, 9.17) is 25.5 Å². The Bertz CT molecular complexity index is 1450. The molecule has 1 aromatic heterocycles. The van der Waals surface area contributed by atoms with E-state index in [0.717, 1.165) is 16.7 Å². The van der Waals surface area contributed by atoms with Crippen molar-refractivity contribution in [3.63, 3.8) is 0 Å². The number of alkyl carbamates (subject to hydrolysis) is 1. The number of ether oxygens (including phenoxy) is 2. The third-order valence-electron chi connectivity index (χ3n) is 5.83. The Kier molecular flexibility index (Phi) is 8.59. The maximum Gasteiger partial charge on any atom is 0.407 e. The summed E-state index contributed by atoms with van der Waals surface area (Å²) in [5.41, 5.74) is 3.03. The summed E-state index contributed by atoms with van der Waals surface area (Å²) in [6.07, 6.45) is 0.271. The molecule has 0 atom stereocenters. The largest absolute Gasteiger partial charge is 0.445 e. The Morgan fingerprint density at radius 3 is 2.35 bits per heavy atom. The summed E-state index contributed by atoms with van der Waals surface area (Å²) in [6, 6.07) is 22.1. The van der Waals surface area contributed by atoms with Crippen LogP contribution in [0.15, 0.2) is 82.0 Å². The Hall–Kier alpha value is -4.10. The lowest BCUT2D eigenvalue weighted by Crippen LogP contribution is -2.26. The Morgan fingerprint density at radius 1 is 0.973 bits per heavy atom. The number of amides is 1. The molecular formula is C29H26ClNO6. The summed E-state index contributed by atoms with van der Waals surface area (Å²) in [6.45, 7) is 2.25. The third kappa shape index (κ3) is 6.98. The number of hydrogen-bond acceptors (Lipinski definition) is 6. The highest BCUT2D eigenvalue weighted by molar-refractivity contribution is 6.33. The number of nitrogens with one attached hydrogen (secondary N) is 1. The number of carbonyl (C=O) groups is 2. The fourth-order valence-corrected chi connectivity index (χ4v) is 4.05. The molecule has 0 radical (unpaired) electrons. The molecule has 0 fully saturated rings. The van der Waals surface area contributed by atoms with Crippen molar-refractivity contribution in [1.82, 2.24) is 5.32 Å². The van der Waals surface area contributed by atoms with Gasteiger partial charge in [0.05, 0.1) is 5.02 Å². The fourth-order valence-electron chi connectivity index (χ4n) is 3.84. The minimum Gasteiger partial charge on any atom is -0.445 e. The number of aryl methyl sites for hydroxylation is 1. The van der Waals surface area contributed by atoms with E-state index in [0.29, 0.717) is 23.8 Å². The van der Waals surface area contributed by atoms with Crippen molar-refractivity contribution >= 4 is 34.6 Å². The molecule has 190 valence electrons. The van der Waals surface area contributed by atoms with Crippen LogP contribution in [-0.4, -0.2) is 18.6 Å². The van der Waals surface area contributed by atoms with Gasteiger partial charge < -0.3 is 19.2 Å². The van der Waals surface area contributed by atoms with Crippen molar-refractivity contribution < 1.29 is 23.5 Å². The lowest BCUT2D eigenvalue weighted by atomic mass is 9.99. The number of hydrogen-bond donors (Lipinski definition) is 1. The molecule has 1 N–H and O–H groups in total. The molecule has 4 rings (SSSR count). The molecule has 0 unspecified atom stereocenters. The first-order chi connectivity index (χ1) is 17.9. The quantitative estimate of drug-likeness (QED) is 0.127. The number of fused-ring (bicyclic) bond motifs is 1. The van der Waals surface area contributed by atoms with E-state index in [-0.39, 0.29) is 35.9 Å². The van der Waals surface area contributed by atoms with Crippen LogP contribution in [0.1, 0.15) is 35.1 Å². The summed E-state index contributed by atoms with van der Waals surface area (Å²) in [7, 11) is 0. The minimum absolute atomic E-state index is 0.0479. The van der Waals surface area contributed by atoms with Crippen LogP contribution in [0.4, 0.5) is 4.79 Å². The summed E-state index contributed by atoms with van der Waals surface area (Å²) in [4.78, 5) is 36.8. The topological polar surface area (TPSA) is 94.8 Å². The van der Waals surface area contributed by atoms with Crippen molar-refractivity contribution in [3.8, 4) is 5.75 Å². The van der Waals surface area contributed by atoms with Gasteiger partial charge in [0, 0.05) is 36.4 Å². The number of rotatable bonds is 9. The second-order valence-electron chi connectivity index (χ2n) is 8.50. The van der Waals surface area contributed by atoms with Gasteiger partial charge in [-0.1, -0.05) is 72.3 Å². The van der Waals surface area contributed by atoms with Crippen LogP contribution in [0.5, 0.6) is 5.75 Å². The van der Waals surface area contributed by atoms with Gasteiger partial charge in [-0.3, -0.25) is 4.79 Å². The highest BCUT2D eigenvalue weighted by atomic mass is 35.5. The van der Waals surface area contributed by atoms with Crippen LogP contribution in [-0.2, 0) is 22.6 Å². The molecule has 1 amide bonds. The number of benzene rings is 3. The van der Waals surface area contributed by atoms with E-state index < -0.39 is 17.7 Å². The fraction of sp³-hybridized carbons (Fsp3) is 0.207. The minimum atomic E-state index is -0.563. The SMILES string of the molecule is Cc1c(Cc2ccccc2)c(=O)oc2cc(OC(=O)CCCNC(=O)OCc3ccccc3)c(Cl)cc12. The van der Waals surface area contributed by atoms with Crippen LogP contribution < -0.4 is 15.7 Å². The van der Waals surface area contributed by atoms with Gasteiger partial charge >= 0.3 is 17.7 Å². The van der Waals surface area contributed by atoms with Gasteiger partial charge in [-0.05, 0) is 36.1 Å². The highest BCUT2D eigenvalue weighted by Gasteiger charge is 2.16. The van der Waals surface area contributed by atoms with Crippen LogP contribution in [0, 0.1) is 6.92 Å². The number of carbonyl (C=O) groups excluding carboxylic acids is 2. The van der Waals surface area contributed by atoms with Crippen molar-refractivity contribution in [2.45, 2.75) is 32.8 Å². The van der Waals surface area contributed by atoms with Crippen LogP contribution in [0.2, 0.25) is 5.02 Å². The Balaban J connectivity index is 1.32. The van der Waals surface area contributed by atoms with E-state index in [2.05, 4.69) is 5.32 Å². The van der Waals surface area contributed by atoms with Gasteiger partial charge in [-0.2, -0.15) is 0 Å².